The lowest BCUT2D eigenvalue weighted by Gasteiger charge is -2.05. The average molecular weight is 432 g/mol. The van der Waals surface area contributed by atoms with Crippen LogP contribution in [0.15, 0.2) is 29.4 Å². The minimum absolute atomic E-state index is 0. The van der Waals surface area contributed by atoms with Crippen molar-refractivity contribution in [3.63, 3.8) is 0 Å². The Kier molecular flexibility index (Phi) is 8.98. The number of fused-ring (bicyclic) bond motifs is 1. The Morgan fingerprint density at radius 2 is 2.13 bits per heavy atom. The third-order valence-corrected chi connectivity index (χ3v) is 3.72. The van der Waals surface area contributed by atoms with Gasteiger partial charge in [-0.15, -0.1) is 24.0 Å². The number of aliphatic imine (C=N–C) groups is 1. The van der Waals surface area contributed by atoms with E-state index in [1.54, 1.807) is 0 Å². The summed E-state index contributed by atoms with van der Waals surface area (Å²) in [6, 6.07) is 4.80. The van der Waals surface area contributed by atoms with Gasteiger partial charge in [0.2, 0.25) is 0 Å². The molecule has 1 aromatic carbocycles. The van der Waals surface area contributed by atoms with Gasteiger partial charge in [-0.3, -0.25) is 4.99 Å². The first-order chi connectivity index (χ1) is 10.7. The predicted molar refractivity (Wildman–Crippen MR) is 106 cm³/mol. The number of hydrogen-bond acceptors (Lipinski definition) is 1. The number of halogens is 2. The fraction of sp³-hybridized carbons (Fsp3) is 0.471. The van der Waals surface area contributed by atoms with Crippen LogP contribution >= 0.6 is 24.0 Å². The molecule has 0 radical (unpaired) electrons. The van der Waals surface area contributed by atoms with Gasteiger partial charge in [0.25, 0.3) is 0 Å². The Morgan fingerprint density at radius 1 is 1.30 bits per heavy atom. The molecule has 0 amide bonds. The van der Waals surface area contributed by atoms with Gasteiger partial charge in [0.1, 0.15) is 5.82 Å². The fourth-order valence-corrected chi connectivity index (χ4v) is 2.48. The average Bonchev–Trinajstić information content (AvgIpc) is 2.89. The second-order valence-corrected chi connectivity index (χ2v) is 5.51. The maximum Gasteiger partial charge on any atom is 0.188 e. The summed E-state index contributed by atoms with van der Waals surface area (Å²) in [4.78, 5) is 7.41. The van der Waals surface area contributed by atoms with Crippen LogP contribution in [-0.2, 0) is 6.42 Å². The maximum atomic E-state index is 13.1. The van der Waals surface area contributed by atoms with Crippen molar-refractivity contribution >= 4 is 40.8 Å². The number of rotatable bonds is 8. The first kappa shape index (κ1) is 19.7. The van der Waals surface area contributed by atoms with E-state index in [-0.39, 0.29) is 29.8 Å². The van der Waals surface area contributed by atoms with Crippen LogP contribution in [0.5, 0.6) is 0 Å². The molecule has 2 rings (SSSR count). The highest BCUT2D eigenvalue weighted by atomic mass is 127. The normalized spacial score (nSPS) is 11.5. The highest BCUT2D eigenvalue weighted by molar-refractivity contribution is 14.0. The predicted octanol–water partition coefficient (Wildman–Crippen LogP) is 3.95. The summed E-state index contributed by atoms with van der Waals surface area (Å²) in [6.45, 7) is 3.69. The number of guanidine groups is 1. The van der Waals surface area contributed by atoms with Crippen LogP contribution < -0.4 is 11.1 Å². The Morgan fingerprint density at radius 3 is 2.91 bits per heavy atom. The van der Waals surface area contributed by atoms with Crippen LogP contribution in [0.1, 0.15) is 38.2 Å². The van der Waals surface area contributed by atoms with E-state index in [0.717, 1.165) is 35.9 Å². The molecule has 6 heteroatoms. The van der Waals surface area contributed by atoms with E-state index in [2.05, 4.69) is 22.2 Å². The molecule has 128 valence electrons. The SMILES string of the molecule is CCCCCCN=C(N)NCCc1c[nH]c2cc(F)ccc12.I. The summed E-state index contributed by atoms with van der Waals surface area (Å²) in [5.74, 6) is 0.279. The summed E-state index contributed by atoms with van der Waals surface area (Å²) in [7, 11) is 0. The minimum Gasteiger partial charge on any atom is -0.370 e. The molecular weight excluding hydrogens is 406 g/mol. The Hall–Kier alpha value is -1.31. The van der Waals surface area contributed by atoms with Crippen LogP contribution in [0.4, 0.5) is 4.39 Å². The number of nitrogens with two attached hydrogens (primary N) is 1. The molecule has 0 atom stereocenters. The molecule has 0 aliphatic rings. The molecule has 0 bridgehead atoms. The fourth-order valence-electron chi connectivity index (χ4n) is 2.48. The van der Waals surface area contributed by atoms with E-state index in [9.17, 15) is 4.39 Å². The second kappa shape index (κ2) is 10.5. The summed E-state index contributed by atoms with van der Waals surface area (Å²) in [5.41, 5.74) is 7.82. The van der Waals surface area contributed by atoms with Crippen molar-refractivity contribution < 1.29 is 4.39 Å². The summed E-state index contributed by atoms with van der Waals surface area (Å²) in [5, 5.41) is 4.18. The van der Waals surface area contributed by atoms with E-state index in [0.29, 0.717) is 12.5 Å². The van der Waals surface area contributed by atoms with Crippen LogP contribution in [0.2, 0.25) is 0 Å². The van der Waals surface area contributed by atoms with Crippen LogP contribution in [0, 0.1) is 5.82 Å². The van der Waals surface area contributed by atoms with Crippen LogP contribution in [0.25, 0.3) is 10.9 Å². The lowest BCUT2D eigenvalue weighted by molar-refractivity contribution is 0.629. The number of nitrogens with one attached hydrogen (secondary N) is 2. The standard InChI is InChI=1S/C17H25FN4.HI/c1-2-3-4-5-9-20-17(19)21-10-8-13-12-22-16-11-14(18)6-7-15(13)16;/h6-7,11-12,22H,2-5,8-10H2,1H3,(H3,19,20,21);1H. The van der Waals surface area contributed by atoms with Gasteiger partial charge in [-0.05, 0) is 36.6 Å². The zero-order valence-electron chi connectivity index (χ0n) is 13.6. The molecule has 4 nitrogen and oxygen atoms in total. The molecule has 4 N–H and O–H groups in total. The van der Waals surface area contributed by atoms with E-state index < -0.39 is 0 Å². The van der Waals surface area contributed by atoms with Crippen molar-refractivity contribution in [2.24, 2.45) is 10.7 Å². The van der Waals surface area contributed by atoms with Gasteiger partial charge < -0.3 is 16.0 Å². The lowest BCUT2D eigenvalue weighted by atomic mass is 10.1. The largest absolute Gasteiger partial charge is 0.370 e. The molecule has 0 saturated carbocycles. The first-order valence-electron chi connectivity index (χ1n) is 8.00. The number of H-pyrrole nitrogens is 1. The van der Waals surface area contributed by atoms with Crippen molar-refractivity contribution in [3.05, 3.63) is 35.8 Å². The molecule has 1 heterocycles. The maximum absolute atomic E-state index is 13.1. The second-order valence-electron chi connectivity index (χ2n) is 5.51. The number of unbranched alkanes of at least 4 members (excludes halogenated alkanes) is 3. The summed E-state index contributed by atoms with van der Waals surface area (Å²) in [6.07, 6.45) is 7.51. The van der Waals surface area contributed by atoms with E-state index >= 15 is 0 Å². The molecular formula is C17H26FIN4. The molecule has 2 aromatic rings. The minimum atomic E-state index is -0.224. The number of benzene rings is 1. The number of aromatic nitrogens is 1. The monoisotopic (exact) mass is 432 g/mol. The van der Waals surface area contributed by atoms with Gasteiger partial charge in [-0.1, -0.05) is 26.2 Å². The van der Waals surface area contributed by atoms with Crippen molar-refractivity contribution in [3.8, 4) is 0 Å². The topological polar surface area (TPSA) is 66.2 Å². The third-order valence-electron chi connectivity index (χ3n) is 3.72. The molecule has 1 aromatic heterocycles. The zero-order valence-corrected chi connectivity index (χ0v) is 15.9. The highest BCUT2D eigenvalue weighted by Crippen LogP contribution is 2.19. The molecule has 0 saturated heterocycles. The first-order valence-corrected chi connectivity index (χ1v) is 8.00. The van der Waals surface area contributed by atoms with Crippen molar-refractivity contribution in [2.45, 2.75) is 39.0 Å². The molecule has 23 heavy (non-hydrogen) atoms. The van der Waals surface area contributed by atoms with Crippen molar-refractivity contribution in [1.29, 1.82) is 0 Å². The van der Waals surface area contributed by atoms with Crippen LogP contribution in [0.3, 0.4) is 0 Å². The van der Waals surface area contributed by atoms with Gasteiger partial charge in [-0.2, -0.15) is 0 Å². The molecule has 0 aliphatic carbocycles. The van der Waals surface area contributed by atoms with Gasteiger partial charge in [0, 0.05) is 30.2 Å². The lowest BCUT2D eigenvalue weighted by Crippen LogP contribution is -2.33. The Bertz CT molecular complexity index is 624. The van der Waals surface area contributed by atoms with E-state index in [1.807, 2.05) is 12.3 Å². The van der Waals surface area contributed by atoms with Crippen molar-refractivity contribution in [1.82, 2.24) is 10.3 Å². The van der Waals surface area contributed by atoms with Gasteiger partial charge >= 0.3 is 0 Å². The van der Waals surface area contributed by atoms with Crippen LogP contribution in [-0.4, -0.2) is 24.0 Å². The van der Waals surface area contributed by atoms with E-state index in [4.69, 9.17) is 5.73 Å². The smallest absolute Gasteiger partial charge is 0.188 e. The Labute approximate surface area is 154 Å². The summed E-state index contributed by atoms with van der Waals surface area (Å²) >= 11 is 0. The third kappa shape index (κ3) is 6.37. The molecule has 0 aliphatic heterocycles. The van der Waals surface area contributed by atoms with E-state index in [1.165, 1.54) is 31.4 Å². The number of aromatic amines is 1. The van der Waals surface area contributed by atoms with Gasteiger partial charge in [-0.25, -0.2) is 4.39 Å². The highest BCUT2D eigenvalue weighted by Gasteiger charge is 2.04. The molecule has 0 unspecified atom stereocenters. The Balaban J connectivity index is 0.00000264. The van der Waals surface area contributed by atoms with Gasteiger partial charge in [0.15, 0.2) is 5.96 Å². The molecule has 0 fully saturated rings. The summed E-state index contributed by atoms with van der Waals surface area (Å²) < 4.78 is 13.1. The zero-order chi connectivity index (χ0) is 15.8. The van der Waals surface area contributed by atoms with Crippen molar-refractivity contribution in [2.75, 3.05) is 13.1 Å². The quantitative estimate of drug-likeness (QED) is 0.256. The van der Waals surface area contributed by atoms with Gasteiger partial charge in [0.05, 0.1) is 0 Å². The molecule has 0 spiro atoms. The number of nitrogens with zero attached hydrogens (tertiary/aromatic N) is 1. The number of hydrogen-bond donors (Lipinski definition) is 3.